The molecule has 9 heteroatoms. The number of nitrogens with zero attached hydrogens (tertiary/aromatic N) is 3. The minimum atomic E-state index is -0.385. The zero-order chi connectivity index (χ0) is 21.3. The van der Waals surface area contributed by atoms with Gasteiger partial charge in [-0.2, -0.15) is 0 Å². The van der Waals surface area contributed by atoms with Crippen LogP contribution in [-0.4, -0.2) is 47.7 Å². The van der Waals surface area contributed by atoms with Crippen molar-refractivity contribution in [2.75, 3.05) is 26.5 Å². The summed E-state index contributed by atoms with van der Waals surface area (Å²) in [6, 6.07) is 10.6. The van der Waals surface area contributed by atoms with Crippen molar-refractivity contribution < 1.29 is 14.4 Å². The highest BCUT2D eigenvalue weighted by Gasteiger charge is 2.32. The molecular formula is C21H24N4O4S. The van der Waals surface area contributed by atoms with Crippen molar-refractivity contribution >= 4 is 22.6 Å². The van der Waals surface area contributed by atoms with E-state index in [2.05, 4.69) is 22.4 Å². The lowest BCUT2D eigenvalue weighted by molar-refractivity contribution is -0.384. The number of non-ortho nitro benzene ring substituents is 1. The minimum absolute atomic E-state index is 0.0702. The van der Waals surface area contributed by atoms with Crippen LogP contribution in [-0.2, 0) is 6.42 Å². The molecule has 4 rings (SSSR count). The van der Waals surface area contributed by atoms with Gasteiger partial charge in [-0.15, -0.1) is 0 Å². The molecule has 0 saturated carbocycles. The molecule has 8 nitrogen and oxygen atoms in total. The molecule has 2 aliphatic rings. The first-order valence-electron chi connectivity index (χ1n) is 9.73. The fourth-order valence-electron chi connectivity index (χ4n) is 3.88. The van der Waals surface area contributed by atoms with E-state index >= 15 is 0 Å². The zero-order valence-electron chi connectivity index (χ0n) is 17.1. The quantitative estimate of drug-likeness (QED) is 0.588. The van der Waals surface area contributed by atoms with Crippen LogP contribution in [0.15, 0.2) is 41.4 Å². The van der Waals surface area contributed by atoms with E-state index in [1.807, 2.05) is 12.1 Å². The molecule has 2 aromatic carbocycles. The van der Waals surface area contributed by atoms with Gasteiger partial charge in [-0.1, -0.05) is 23.9 Å². The van der Waals surface area contributed by atoms with Crippen LogP contribution in [0.4, 0.5) is 5.69 Å². The Morgan fingerprint density at radius 3 is 2.50 bits per heavy atom. The van der Waals surface area contributed by atoms with E-state index < -0.39 is 0 Å². The maximum Gasteiger partial charge on any atom is 0.269 e. The number of nitro groups is 1. The topological polar surface area (TPSA) is 89.2 Å². The number of rotatable bonds is 4. The summed E-state index contributed by atoms with van der Waals surface area (Å²) in [5, 5.41) is 14.2. The number of nitro benzene ring substituents is 1. The summed E-state index contributed by atoms with van der Waals surface area (Å²) in [5.41, 5.74) is 6.83. The molecular weight excluding hydrogens is 404 g/mol. The highest BCUT2D eigenvalue weighted by molar-refractivity contribution is 8.14. The Morgan fingerprint density at radius 2 is 1.90 bits per heavy atom. The molecule has 158 valence electrons. The Kier molecular flexibility index (Phi) is 5.83. The van der Waals surface area contributed by atoms with Gasteiger partial charge in [-0.05, 0) is 42.2 Å². The number of hydrogen-bond donors (Lipinski definition) is 1. The molecule has 0 aliphatic carbocycles. The normalized spacial score (nSPS) is 20.9. The Balaban J connectivity index is 1.82. The van der Waals surface area contributed by atoms with Crippen LogP contribution in [0.25, 0.3) is 0 Å². The molecule has 0 spiro atoms. The number of ether oxygens (including phenoxy) is 2. The van der Waals surface area contributed by atoms with Crippen LogP contribution >= 0.6 is 11.8 Å². The van der Waals surface area contributed by atoms with Gasteiger partial charge in [0.2, 0.25) is 0 Å². The SMILES string of the molecule is COc1cc2c(cc1OC)C(c1ccc([N+](=O)[O-])cc1)NN(C1=NCCS1)[C@@H](C)C2. The summed E-state index contributed by atoms with van der Waals surface area (Å²) in [6.45, 7) is 2.97. The fourth-order valence-corrected chi connectivity index (χ4v) is 4.80. The number of nitrogens with one attached hydrogen (secondary N) is 1. The molecule has 30 heavy (non-hydrogen) atoms. The summed E-state index contributed by atoms with van der Waals surface area (Å²) in [6.07, 6.45) is 0.797. The highest BCUT2D eigenvalue weighted by atomic mass is 32.2. The van der Waals surface area contributed by atoms with Gasteiger partial charge >= 0.3 is 0 Å². The van der Waals surface area contributed by atoms with Gasteiger partial charge in [0.05, 0.1) is 31.7 Å². The molecule has 2 aromatic rings. The number of hydrogen-bond acceptors (Lipinski definition) is 8. The van der Waals surface area contributed by atoms with Crippen molar-refractivity contribution in [1.82, 2.24) is 10.4 Å². The van der Waals surface area contributed by atoms with Gasteiger partial charge in [0.25, 0.3) is 5.69 Å². The monoisotopic (exact) mass is 428 g/mol. The van der Waals surface area contributed by atoms with Crippen molar-refractivity contribution in [3.8, 4) is 11.5 Å². The molecule has 0 saturated heterocycles. The molecule has 1 unspecified atom stereocenters. The average Bonchev–Trinajstić information content (AvgIpc) is 3.24. The summed E-state index contributed by atoms with van der Waals surface area (Å²) in [5.74, 6) is 2.31. The van der Waals surface area contributed by atoms with Crippen LogP contribution < -0.4 is 14.9 Å². The zero-order valence-corrected chi connectivity index (χ0v) is 17.9. The highest BCUT2D eigenvalue weighted by Crippen LogP contribution is 2.39. The van der Waals surface area contributed by atoms with Crippen LogP contribution in [0, 0.1) is 10.1 Å². The van der Waals surface area contributed by atoms with Gasteiger partial charge in [0.1, 0.15) is 0 Å². The van der Waals surface area contributed by atoms with Gasteiger partial charge in [0, 0.05) is 23.9 Å². The standard InChI is InChI=1S/C21H24N4O4S/c1-13-10-15-11-18(28-2)19(29-3)12-17(15)20(23-24(13)21-22-8-9-30-21)14-4-6-16(7-5-14)25(26)27/h4-7,11-13,20,23H,8-10H2,1-3H3/t13-,20?/m0/s1. The average molecular weight is 429 g/mol. The molecule has 0 fully saturated rings. The third-order valence-electron chi connectivity index (χ3n) is 5.39. The number of thioether (sulfide) groups is 1. The van der Waals surface area contributed by atoms with Crippen molar-refractivity contribution in [3.05, 3.63) is 63.2 Å². The first kappa shape index (κ1) is 20.5. The number of hydrazine groups is 1. The molecule has 1 N–H and O–H groups in total. The smallest absolute Gasteiger partial charge is 0.269 e. The molecule has 2 atom stereocenters. The van der Waals surface area contributed by atoms with Gasteiger partial charge in [-0.25, -0.2) is 5.43 Å². The number of fused-ring (bicyclic) bond motifs is 1. The lowest BCUT2D eigenvalue weighted by Crippen LogP contribution is -2.47. The number of methoxy groups -OCH3 is 2. The lowest BCUT2D eigenvalue weighted by atomic mass is 9.92. The predicted octanol–water partition coefficient (Wildman–Crippen LogP) is 3.56. The number of aliphatic imine (C=N–C) groups is 1. The van der Waals surface area contributed by atoms with Gasteiger partial charge in [-0.3, -0.25) is 20.1 Å². The van der Waals surface area contributed by atoms with Crippen molar-refractivity contribution in [3.63, 3.8) is 0 Å². The molecule has 0 bridgehead atoms. The molecule has 2 heterocycles. The van der Waals surface area contributed by atoms with E-state index in [-0.39, 0.29) is 22.7 Å². The lowest BCUT2D eigenvalue weighted by Gasteiger charge is -2.32. The second-order valence-electron chi connectivity index (χ2n) is 7.25. The second kappa shape index (κ2) is 8.53. The van der Waals surface area contributed by atoms with Crippen LogP contribution in [0.1, 0.15) is 29.7 Å². The van der Waals surface area contributed by atoms with Crippen LogP contribution in [0.3, 0.4) is 0 Å². The van der Waals surface area contributed by atoms with E-state index in [0.717, 1.165) is 40.6 Å². The minimum Gasteiger partial charge on any atom is -0.493 e. The van der Waals surface area contributed by atoms with Gasteiger partial charge < -0.3 is 9.47 Å². The van der Waals surface area contributed by atoms with Gasteiger partial charge in [0.15, 0.2) is 16.7 Å². The first-order chi connectivity index (χ1) is 14.5. The largest absolute Gasteiger partial charge is 0.493 e. The molecule has 0 aromatic heterocycles. The second-order valence-corrected chi connectivity index (χ2v) is 8.31. The Hall–Kier alpha value is -2.78. The Labute approximate surface area is 179 Å². The summed E-state index contributed by atoms with van der Waals surface area (Å²) in [4.78, 5) is 15.4. The van der Waals surface area contributed by atoms with E-state index in [1.54, 1.807) is 38.1 Å². The summed E-state index contributed by atoms with van der Waals surface area (Å²) >= 11 is 1.73. The Morgan fingerprint density at radius 1 is 1.20 bits per heavy atom. The van der Waals surface area contributed by atoms with Crippen molar-refractivity contribution in [2.45, 2.75) is 25.4 Å². The molecule has 0 amide bonds. The van der Waals surface area contributed by atoms with Crippen molar-refractivity contribution in [1.29, 1.82) is 0 Å². The van der Waals surface area contributed by atoms with E-state index in [9.17, 15) is 10.1 Å². The van der Waals surface area contributed by atoms with E-state index in [1.165, 1.54) is 12.1 Å². The third-order valence-corrected chi connectivity index (χ3v) is 6.36. The molecule has 0 radical (unpaired) electrons. The van der Waals surface area contributed by atoms with Crippen LogP contribution in [0.2, 0.25) is 0 Å². The van der Waals surface area contributed by atoms with E-state index in [0.29, 0.717) is 11.5 Å². The Bertz CT molecular complexity index is 980. The number of amidine groups is 1. The van der Waals surface area contributed by atoms with Crippen LogP contribution in [0.5, 0.6) is 11.5 Å². The summed E-state index contributed by atoms with van der Waals surface area (Å²) < 4.78 is 11.1. The predicted molar refractivity (Wildman–Crippen MR) is 117 cm³/mol. The summed E-state index contributed by atoms with van der Waals surface area (Å²) in [7, 11) is 3.25. The maximum absolute atomic E-state index is 11.1. The number of benzene rings is 2. The molecule has 2 aliphatic heterocycles. The third kappa shape index (κ3) is 3.82. The first-order valence-corrected chi connectivity index (χ1v) is 10.7. The van der Waals surface area contributed by atoms with Crippen molar-refractivity contribution in [2.24, 2.45) is 4.99 Å². The van der Waals surface area contributed by atoms with E-state index in [4.69, 9.17) is 9.47 Å². The maximum atomic E-state index is 11.1. The fraction of sp³-hybridized carbons (Fsp3) is 0.381.